The molecule has 118 valence electrons. The second-order valence-corrected chi connectivity index (χ2v) is 6.44. The van der Waals surface area contributed by atoms with Crippen LogP contribution in [0.15, 0.2) is 53.4 Å². The average molecular weight is 330 g/mol. The molecule has 1 aliphatic rings. The average Bonchev–Trinajstić information content (AvgIpc) is 2.89. The molecule has 1 atom stereocenters. The van der Waals surface area contributed by atoms with Crippen molar-refractivity contribution in [1.82, 2.24) is 0 Å². The van der Waals surface area contributed by atoms with E-state index in [1.54, 1.807) is 42.5 Å². The van der Waals surface area contributed by atoms with Crippen LogP contribution in [0.5, 0.6) is 0 Å². The fraction of sp³-hybridized carbons (Fsp3) is 0.176. The number of halogens is 1. The van der Waals surface area contributed by atoms with Gasteiger partial charge in [-0.25, -0.2) is 4.39 Å². The van der Waals surface area contributed by atoms with Crippen LogP contribution >= 0.6 is 11.8 Å². The number of primary amides is 1. The molecule has 0 spiro atoms. The van der Waals surface area contributed by atoms with E-state index in [2.05, 4.69) is 0 Å². The number of carbonyl (C=O) groups is 2. The summed E-state index contributed by atoms with van der Waals surface area (Å²) in [4.78, 5) is 26.2. The third-order valence-electron chi connectivity index (χ3n) is 3.72. The van der Waals surface area contributed by atoms with Gasteiger partial charge in [0.2, 0.25) is 11.8 Å². The molecule has 0 radical (unpaired) electrons. The first-order valence-electron chi connectivity index (χ1n) is 7.19. The molecule has 0 saturated carbocycles. The predicted octanol–water partition coefficient (Wildman–Crippen LogP) is 2.82. The first-order valence-corrected chi connectivity index (χ1v) is 8.07. The molecule has 2 aromatic rings. The molecule has 1 saturated heterocycles. The molecule has 2 N–H and O–H groups in total. The molecule has 0 unspecified atom stereocenters. The standard InChI is InChI=1S/C17H15FN2O2S/c18-12-6-2-3-7-13(12)20-10-9-15(17(20)22)23-14-8-4-1-5-11(14)16(19)21/h1-8,15H,9-10H2,(H2,19,21)/t15-/m0/s1. The lowest BCUT2D eigenvalue weighted by atomic mass is 10.2. The molecule has 3 rings (SSSR count). The van der Waals surface area contributed by atoms with Crippen LogP contribution in [-0.4, -0.2) is 23.6 Å². The van der Waals surface area contributed by atoms with Gasteiger partial charge >= 0.3 is 0 Å². The monoisotopic (exact) mass is 330 g/mol. The van der Waals surface area contributed by atoms with Crippen LogP contribution in [0.2, 0.25) is 0 Å². The van der Waals surface area contributed by atoms with Crippen molar-refractivity contribution in [2.45, 2.75) is 16.6 Å². The Morgan fingerprint density at radius 1 is 1.17 bits per heavy atom. The summed E-state index contributed by atoms with van der Waals surface area (Å²) in [5.41, 5.74) is 6.06. The molecule has 1 fully saturated rings. The highest BCUT2D eigenvalue weighted by molar-refractivity contribution is 8.00. The lowest BCUT2D eigenvalue weighted by Gasteiger charge is -2.17. The van der Waals surface area contributed by atoms with E-state index in [4.69, 9.17) is 5.73 Å². The molecule has 1 aliphatic heterocycles. The van der Waals surface area contributed by atoms with Crippen LogP contribution in [0.3, 0.4) is 0 Å². The topological polar surface area (TPSA) is 63.4 Å². The van der Waals surface area contributed by atoms with Gasteiger partial charge in [0.15, 0.2) is 0 Å². The normalized spacial score (nSPS) is 17.5. The number of benzene rings is 2. The van der Waals surface area contributed by atoms with Crippen LogP contribution in [0.25, 0.3) is 0 Å². The van der Waals surface area contributed by atoms with Crippen molar-refractivity contribution in [3.8, 4) is 0 Å². The summed E-state index contributed by atoms with van der Waals surface area (Å²) in [5, 5.41) is -0.352. The summed E-state index contributed by atoms with van der Waals surface area (Å²) in [5.74, 6) is -1.09. The van der Waals surface area contributed by atoms with E-state index in [-0.39, 0.29) is 11.2 Å². The van der Waals surface area contributed by atoms with Crippen LogP contribution in [0.1, 0.15) is 16.8 Å². The summed E-state index contributed by atoms with van der Waals surface area (Å²) in [7, 11) is 0. The zero-order valence-corrected chi connectivity index (χ0v) is 13.1. The molecule has 0 aliphatic carbocycles. The number of carbonyl (C=O) groups excluding carboxylic acids is 2. The SMILES string of the molecule is NC(=O)c1ccccc1S[C@H]1CCN(c2ccccc2F)C1=O. The third kappa shape index (κ3) is 3.07. The highest BCUT2D eigenvalue weighted by Gasteiger charge is 2.34. The summed E-state index contributed by atoms with van der Waals surface area (Å²) < 4.78 is 13.9. The number of hydrogen-bond acceptors (Lipinski definition) is 3. The van der Waals surface area contributed by atoms with E-state index in [1.807, 2.05) is 0 Å². The van der Waals surface area contributed by atoms with Gasteiger partial charge in [-0.3, -0.25) is 9.59 Å². The second-order valence-electron chi connectivity index (χ2n) is 5.20. The Labute approximate surface area is 137 Å². The number of anilines is 1. The zero-order valence-electron chi connectivity index (χ0n) is 12.2. The first kappa shape index (κ1) is 15.6. The van der Waals surface area contributed by atoms with Crippen molar-refractivity contribution >= 4 is 29.3 Å². The zero-order chi connectivity index (χ0) is 16.4. The second kappa shape index (κ2) is 6.42. The lowest BCUT2D eigenvalue weighted by Crippen LogP contribution is -2.28. The Kier molecular flexibility index (Phi) is 4.34. The summed E-state index contributed by atoms with van der Waals surface area (Å²) in [6.45, 7) is 0.455. The number of rotatable bonds is 4. The first-order chi connectivity index (χ1) is 11.1. The number of hydrogen-bond donors (Lipinski definition) is 1. The van der Waals surface area contributed by atoms with Gasteiger partial charge in [0.1, 0.15) is 5.82 Å². The van der Waals surface area contributed by atoms with Crippen LogP contribution in [-0.2, 0) is 4.79 Å². The number of thioether (sulfide) groups is 1. The van der Waals surface area contributed by atoms with Crippen molar-refractivity contribution in [1.29, 1.82) is 0 Å². The largest absolute Gasteiger partial charge is 0.366 e. The summed E-state index contributed by atoms with van der Waals surface area (Å²) in [6, 6.07) is 13.2. The highest BCUT2D eigenvalue weighted by atomic mass is 32.2. The van der Waals surface area contributed by atoms with Gasteiger partial charge in [-0.15, -0.1) is 11.8 Å². The van der Waals surface area contributed by atoms with Gasteiger partial charge in [0, 0.05) is 11.4 Å². The van der Waals surface area contributed by atoms with Crippen molar-refractivity contribution in [3.05, 3.63) is 59.9 Å². The van der Waals surface area contributed by atoms with Gasteiger partial charge in [0.25, 0.3) is 0 Å². The van der Waals surface area contributed by atoms with Gasteiger partial charge in [0.05, 0.1) is 16.5 Å². The van der Waals surface area contributed by atoms with Crippen molar-refractivity contribution in [3.63, 3.8) is 0 Å². The molecule has 0 aromatic heterocycles. The predicted molar refractivity (Wildman–Crippen MR) is 88.0 cm³/mol. The smallest absolute Gasteiger partial charge is 0.249 e. The number of amides is 2. The van der Waals surface area contributed by atoms with Gasteiger partial charge in [-0.2, -0.15) is 0 Å². The van der Waals surface area contributed by atoms with E-state index in [9.17, 15) is 14.0 Å². The maximum absolute atomic E-state index is 13.9. The highest BCUT2D eigenvalue weighted by Crippen LogP contribution is 2.35. The summed E-state index contributed by atoms with van der Waals surface area (Å²) >= 11 is 1.30. The Bertz CT molecular complexity index is 766. The van der Waals surface area contributed by atoms with E-state index < -0.39 is 11.7 Å². The molecule has 1 heterocycles. The minimum atomic E-state index is -0.524. The Morgan fingerprint density at radius 2 is 1.87 bits per heavy atom. The molecule has 2 amide bonds. The fourth-order valence-corrected chi connectivity index (χ4v) is 3.81. The Morgan fingerprint density at radius 3 is 2.61 bits per heavy atom. The number of para-hydroxylation sites is 1. The molecular formula is C17H15FN2O2S. The maximum Gasteiger partial charge on any atom is 0.249 e. The van der Waals surface area contributed by atoms with Gasteiger partial charge < -0.3 is 10.6 Å². The minimum Gasteiger partial charge on any atom is -0.366 e. The van der Waals surface area contributed by atoms with Crippen molar-refractivity contribution < 1.29 is 14.0 Å². The third-order valence-corrected chi connectivity index (χ3v) is 5.05. The molecule has 0 bridgehead atoms. The minimum absolute atomic E-state index is 0.153. The van der Waals surface area contributed by atoms with E-state index in [0.29, 0.717) is 29.1 Å². The molecular weight excluding hydrogens is 315 g/mol. The summed E-state index contributed by atoms with van der Waals surface area (Å²) in [6.07, 6.45) is 0.588. The Balaban J connectivity index is 1.81. The van der Waals surface area contributed by atoms with Crippen LogP contribution in [0.4, 0.5) is 10.1 Å². The van der Waals surface area contributed by atoms with Crippen molar-refractivity contribution in [2.75, 3.05) is 11.4 Å². The van der Waals surface area contributed by atoms with Gasteiger partial charge in [-0.1, -0.05) is 24.3 Å². The number of nitrogens with two attached hydrogens (primary N) is 1. The molecule has 4 nitrogen and oxygen atoms in total. The molecule has 23 heavy (non-hydrogen) atoms. The van der Waals surface area contributed by atoms with Gasteiger partial charge in [-0.05, 0) is 30.7 Å². The molecule has 6 heteroatoms. The quantitative estimate of drug-likeness (QED) is 0.937. The fourth-order valence-electron chi connectivity index (χ4n) is 2.60. The van der Waals surface area contributed by atoms with E-state index in [0.717, 1.165) is 0 Å². The van der Waals surface area contributed by atoms with E-state index in [1.165, 1.54) is 22.7 Å². The van der Waals surface area contributed by atoms with E-state index >= 15 is 0 Å². The van der Waals surface area contributed by atoms with Crippen LogP contribution in [0, 0.1) is 5.82 Å². The van der Waals surface area contributed by atoms with Crippen LogP contribution < -0.4 is 10.6 Å². The molecule has 2 aromatic carbocycles. The number of nitrogens with zero attached hydrogens (tertiary/aromatic N) is 1. The lowest BCUT2D eigenvalue weighted by molar-refractivity contribution is -0.116. The van der Waals surface area contributed by atoms with Crippen molar-refractivity contribution in [2.24, 2.45) is 5.73 Å². The maximum atomic E-state index is 13.9. The Hall–Kier alpha value is -2.34.